The van der Waals surface area contributed by atoms with Crippen LogP contribution in [0.4, 0.5) is 0 Å². The Bertz CT molecular complexity index is 673. The molecule has 0 saturated carbocycles. The Morgan fingerprint density at radius 1 is 1.18 bits per heavy atom. The second-order valence-corrected chi connectivity index (χ2v) is 5.92. The number of hydrogen-bond acceptors (Lipinski definition) is 2. The molecular formula is C17H17Cl2NO2. The molecule has 1 amide bonds. The van der Waals surface area contributed by atoms with E-state index in [4.69, 9.17) is 27.9 Å². The number of amides is 1. The molecule has 0 aliphatic carbocycles. The number of nitrogens with one attached hydrogen (secondary N) is 1. The van der Waals surface area contributed by atoms with Gasteiger partial charge in [-0.15, -0.1) is 0 Å². The van der Waals surface area contributed by atoms with Crippen LogP contribution in [0.5, 0.6) is 5.75 Å². The van der Waals surface area contributed by atoms with Crippen molar-refractivity contribution in [1.82, 2.24) is 5.32 Å². The smallest absolute Gasteiger partial charge is 0.258 e. The molecule has 2 rings (SSSR count). The molecule has 0 radical (unpaired) electrons. The van der Waals surface area contributed by atoms with Crippen molar-refractivity contribution in [2.24, 2.45) is 0 Å². The number of ether oxygens (including phenoxy) is 1. The summed E-state index contributed by atoms with van der Waals surface area (Å²) < 4.78 is 5.52. The van der Waals surface area contributed by atoms with E-state index in [0.29, 0.717) is 15.8 Å². The van der Waals surface area contributed by atoms with Gasteiger partial charge in [0.25, 0.3) is 5.91 Å². The van der Waals surface area contributed by atoms with Crippen LogP contribution in [0, 0.1) is 6.92 Å². The van der Waals surface area contributed by atoms with Crippen LogP contribution in [0.3, 0.4) is 0 Å². The number of carbonyl (C=O) groups excluding carboxylic acids is 1. The van der Waals surface area contributed by atoms with Gasteiger partial charge in [-0.1, -0.05) is 35.3 Å². The van der Waals surface area contributed by atoms with Gasteiger partial charge in [0, 0.05) is 10.0 Å². The van der Waals surface area contributed by atoms with Gasteiger partial charge in [-0.2, -0.15) is 0 Å². The Morgan fingerprint density at radius 2 is 1.91 bits per heavy atom. The second kappa shape index (κ2) is 7.52. The first-order chi connectivity index (χ1) is 10.5. The molecule has 2 aromatic rings. The molecule has 22 heavy (non-hydrogen) atoms. The average Bonchev–Trinajstić information content (AvgIpc) is 2.46. The van der Waals surface area contributed by atoms with E-state index in [1.807, 2.05) is 32.0 Å². The maximum absolute atomic E-state index is 12.0. The highest BCUT2D eigenvalue weighted by molar-refractivity contribution is 6.30. The summed E-state index contributed by atoms with van der Waals surface area (Å²) in [6.07, 6.45) is 0. The van der Waals surface area contributed by atoms with Crippen LogP contribution in [0.2, 0.25) is 10.0 Å². The first-order valence-corrected chi connectivity index (χ1v) is 7.65. The molecule has 1 N–H and O–H groups in total. The van der Waals surface area contributed by atoms with Gasteiger partial charge < -0.3 is 10.1 Å². The lowest BCUT2D eigenvalue weighted by Gasteiger charge is -2.15. The highest BCUT2D eigenvalue weighted by atomic mass is 35.5. The molecule has 0 spiro atoms. The summed E-state index contributed by atoms with van der Waals surface area (Å²) in [6, 6.07) is 12.5. The van der Waals surface area contributed by atoms with Gasteiger partial charge in [0.15, 0.2) is 6.61 Å². The lowest BCUT2D eigenvalue weighted by molar-refractivity contribution is -0.123. The quantitative estimate of drug-likeness (QED) is 0.868. The Labute approximate surface area is 140 Å². The summed E-state index contributed by atoms with van der Waals surface area (Å²) in [4.78, 5) is 12.0. The average molecular weight is 338 g/mol. The fraction of sp³-hybridized carbons (Fsp3) is 0.235. The molecule has 1 atom stereocenters. The molecule has 0 fully saturated rings. The highest BCUT2D eigenvalue weighted by Crippen LogP contribution is 2.22. The van der Waals surface area contributed by atoms with E-state index in [0.717, 1.165) is 11.1 Å². The van der Waals surface area contributed by atoms with E-state index < -0.39 is 0 Å². The largest absolute Gasteiger partial charge is 0.484 e. The van der Waals surface area contributed by atoms with Crippen LogP contribution >= 0.6 is 23.2 Å². The summed E-state index contributed by atoms with van der Waals surface area (Å²) in [6.45, 7) is 3.73. The van der Waals surface area contributed by atoms with Crippen LogP contribution in [0.25, 0.3) is 0 Å². The maximum atomic E-state index is 12.0. The van der Waals surface area contributed by atoms with Gasteiger partial charge in [-0.05, 0) is 55.3 Å². The van der Waals surface area contributed by atoms with Gasteiger partial charge in [-0.3, -0.25) is 4.79 Å². The Morgan fingerprint density at radius 3 is 2.59 bits per heavy atom. The van der Waals surface area contributed by atoms with E-state index >= 15 is 0 Å². The monoisotopic (exact) mass is 337 g/mol. The lowest BCUT2D eigenvalue weighted by atomic mass is 10.1. The van der Waals surface area contributed by atoms with Crippen molar-refractivity contribution in [1.29, 1.82) is 0 Å². The minimum Gasteiger partial charge on any atom is -0.484 e. The van der Waals surface area contributed by atoms with Crippen LogP contribution in [0.15, 0.2) is 42.5 Å². The third-order valence-electron chi connectivity index (χ3n) is 3.22. The van der Waals surface area contributed by atoms with Crippen molar-refractivity contribution < 1.29 is 9.53 Å². The van der Waals surface area contributed by atoms with Crippen LogP contribution in [-0.4, -0.2) is 12.5 Å². The molecule has 0 aromatic heterocycles. The molecule has 3 nitrogen and oxygen atoms in total. The molecule has 0 aliphatic rings. The van der Waals surface area contributed by atoms with Crippen molar-refractivity contribution in [3.8, 4) is 5.75 Å². The fourth-order valence-electron chi connectivity index (χ4n) is 2.06. The van der Waals surface area contributed by atoms with Crippen LogP contribution in [-0.2, 0) is 4.79 Å². The van der Waals surface area contributed by atoms with Crippen molar-refractivity contribution in [3.63, 3.8) is 0 Å². The lowest BCUT2D eigenvalue weighted by Crippen LogP contribution is -2.31. The topological polar surface area (TPSA) is 38.3 Å². The number of carbonyl (C=O) groups is 1. The van der Waals surface area contributed by atoms with Crippen molar-refractivity contribution in [2.75, 3.05) is 6.61 Å². The molecule has 116 valence electrons. The first-order valence-electron chi connectivity index (χ1n) is 6.89. The summed E-state index contributed by atoms with van der Waals surface area (Å²) in [5.41, 5.74) is 1.84. The van der Waals surface area contributed by atoms with E-state index in [2.05, 4.69) is 5.32 Å². The second-order valence-electron chi connectivity index (χ2n) is 5.04. The Kier molecular flexibility index (Phi) is 5.69. The van der Waals surface area contributed by atoms with Gasteiger partial charge in [0.2, 0.25) is 0 Å². The predicted molar refractivity (Wildman–Crippen MR) is 89.7 cm³/mol. The van der Waals surface area contributed by atoms with Gasteiger partial charge in [0.05, 0.1) is 6.04 Å². The third kappa shape index (κ3) is 4.65. The SMILES string of the molecule is Cc1cc(Cl)ccc1OCC(=O)N[C@H](C)c1cccc(Cl)c1. The van der Waals surface area contributed by atoms with Crippen molar-refractivity contribution in [2.45, 2.75) is 19.9 Å². The minimum absolute atomic E-state index is 0.0482. The fourth-order valence-corrected chi connectivity index (χ4v) is 2.49. The summed E-state index contributed by atoms with van der Waals surface area (Å²) in [7, 11) is 0. The number of halogens is 2. The normalized spacial score (nSPS) is 11.8. The van der Waals surface area contributed by atoms with Crippen molar-refractivity contribution >= 4 is 29.1 Å². The summed E-state index contributed by atoms with van der Waals surface area (Å²) in [5.74, 6) is 0.455. The van der Waals surface area contributed by atoms with E-state index in [1.165, 1.54) is 0 Å². The zero-order valence-corrected chi connectivity index (χ0v) is 13.9. The number of aryl methyl sites for hydroxylation is 1. The number of rotatable bonds is 5. The molecule has 2 aromatic carbocycles. The van der Waals surface area contributed by atoms with Crippen LogP contribution in [0.1, 0.15) is 24.1 Å². The highest BCUT2D eigenvalue weighted by Gasteiger charge is 2.11. The zero-order chi connectivity index (χ0) is 16.1. The van der Waals surface area contributed by atoms with E-state index in [9.17, 15) is 4.79 Å². The van der Waals surface area contributed by atoms with Crippen molar-refractivity contribution in [3.05, 3.63) is 63.6 Å². The van der Waals surface area contributed by atoms with Gasteiger partial charge in [0.1, 0.15) is 5.75 Å². The molecule has 0 aliphatic heterocycles. The molecule has 0 heterocycles. The summed E-state index contributed by atoms with van der Waals surface area (Å²) >= 11 is 11.8. The van der Waals surface area contributed by atoms with Gasteiger partial charge in [-0.25, -0.2) is 0 Å². The maximum Gasteiger partial charge on any atom is 0.258 e. The number of benzene rings is 2. The molecule has 5 heteroatoms. The third-order valence-corrected chi connectivity index (χ3v) is 3.69. The Balaban J connectivity index is 1.90. The summed E-state index contributed by atoms with van der Waals surface area (Å²) in [5, 5.41) is 4.16. The minimum atomic E-state index is -0.193. The molecule has 0 saturated heterocycles. The standard InChI is InChI=1S/C17H17Cl2NO2/c1-11-8-15(19)6-7-16(11)22-10-17(21)20-12(2)13-4-3-5-14(18)9-13/h3-9,12H,10H2,1-2H3,(H,20,21)/t12-/m1/s1. The number of hydrogen-bond donors (Lipinski definition) is 1. The predicted octanol–water partition coefficient (Wildman–Crippen LogP) is 4.56. The zero-order valence-electron chi connectivity index (χ0n) is 12.4. The molecule has 0 bridgehead atoms. The Hall–Kier alpha value is -1.71. The van der Waals surface area contributed by atoms with Gasteiger partial charge >= 0.3 is 0 Å². The van der Waals surface area contributed by atoms with E-state index in [1.54, 1.807) is 24.3 Å². The van der Waals surface area contributed by atoms with Crippen LogP contribution < -0.4 is 10.1 Å². The molecule has 0 unspecified atom stereocenters. The molecular weight excluding hydrogens is 321 g/mol. The first kappa shape index (κ1) is 16.7. The van der Waals surface area contributed by atoms with E-state index in [-0.39, 0.29) is 18.6 Å².